The highest BCUT2D eigenvalue weighted by atomic mass is 32.1. The van der Waals surface area contributed by atoms with E-state index in [0.29, 0.717) is 22.2 Å². The van der Waals surface area contributed by atoms with Crippen molar-refractivity contribution in [3.8, 4) is 5.75 Å². The van der Waals surface area contributed by atoms with E-state index in [0.717, 1.165) is 23.4 Å². The lowest BCUT2D eigenvalue weighted by molar-refractivity contribution is -0.123. The van der Waals surface area contributed by atoms with Crippen LogP contribution in [-0.4, -0.2) is 23.4 Å². The summed E-state index contributed by atoms with van der Waals surface area (Å²) in [5.74, 6) is 0.360. The highest BCUT2D eigenvalue weighted by molar-refractivity contribution is 7.13. The van der Waals surface area contributed by atoms with E-state index in [9.17, 15) is 9.59 Å². The number of aromatic nitrogens is 1. The zero-order valence-electron chi connectivity index (χ0n) is 15.6. The van der Waals surface area contributed by atoms with Crippen LogP contribution < -0.4 is 15.6 Å². The Hall–Kier alpha value is -2.41. The van der Waals surface area contributed by atoms with E-state index in [1.807, 2.05) is 31.2 Å². The molecule has 6 nitrogen and oxygen atoms in total. The molecular weight excluding hydrogens is 350 g/mol. The second kappa shape index (κ2) is 9.33. The molecule has 0 fully saturated rings. The maximum Gasteiger partial charge on any atom is 0.281 e. The Morgan fingerprint density at radius 1 is 1.23 bits per heavy atom. The van der Waals surface area contributed by atoms with Gasteiger partial charge in [0.2, 0.25) is 0 Å². The predicted molar refractivity (Wildman–Crippen MR) is 102 cm³/mol. The van der Waals surface area contributed by atoms with Gasteiger partial charge < -0.3 is 4.74 Å². The number of nitrogens with zero attached hydrogens (tertiary/aromatic N) is 1. The van der Waals surface area contributed by atoms with Gasteiger partial charge in [0.25, 0.3) is 11.8 Å². The normalized spacial score (nSPS) is 10.7. The van der Waals surface area contributed by atoms with Crippen molar-refractivity contribution in [3.05, 3.63) is 45.4 Å². The number of carbonyl (C=O) groups is 2. The van der Waals surface area contributed by atoms with E-state index in [2.05, 4.69) is 29.7 Å². The van der Waals surface area contributed by atoms with Crippen LogP contribution in [0.1, 0.15) is 46.7 Å². The van der Waals surface area contributed by atoms with Gasteiger partial charge in [0, 0.05) is 6.42 Å². The van der Waals surface area contributed by atoms with Gasteiger partial charge in [0.15, 0.2) is 6.61 Å². The van der Waals surface area contributed by atoms with Crippen molar-refractivity contribution in [2.45, 2.75) is 40.5 Å². The van der Waals surface area contributed by atoms with Crippen LogP contribution in [0.5, 0.6) is 5.75 Å². The molecule has 1 aromatic heterocycles. The molecule has 1 heterocycles. The lowest BCUT2D eigenvalue weighted by Gasteiger charge is -2.10. The number of amides is 2. The van der Waals surface area contributed by atoms with Crippen LogP contribution in [0.3, 0.4) is 0 Å². The summed E-state index contributed by atoms with van der Waals surface area (Å²) in [6.45, 7) is 7.85. The van der Waals surface area contributed by atoms with Crippen LogP contribution in [0.25, 0.3) is 0 Å². The molecule has 0 aliphatic rings. The molecule has 140 valence electrons. The molecular formula is C19H25N3O3S. The van der Waals surface area contributed by atoms with Crippen molar-refractivity contribution in [2.75, 3.05) is 6.61 Å². The second-order valence-electron chi connectivity index (χ2n) is 6.37. The van der Waals surface area contributed by atoms with Gasteiger partial charge in [-0.2, -0.15) is 0 Å². The van der Waals surface area contributed by atoms with Crippen molar-refractivity contribution >= 4 is 23.2 Å². The molecule has 1 aromatic carbocycles. The summed E-state index contributed by atoms with van der Waals surface area (Å²) in [6, 6.07) is 7.56. The molecule has 0 saturated carbocycles. The minimum atomic E-state index is -0.422. The molecule has 0 unspecified atom stereocenters. The molecule has 2 amide bonds. The number of carbonyl (C=O) groups excluding carboxylic acids is 2. The first kappa shape index (κ1) is 19.9. The van der Waals surface area contributed by atoms with E-state index in [-0.39, 0.29) is 12.5 Å². The largest absolute Gasteiger partial charge is 0.483 e. The van der Waals surface area contributed by atoms with Crippen LogP contribution in [-0.2, 0) is 17.6 Å². The predicted octanol–water partition coefficient (Wildman–Crippen LogP) is 3.05. The molecule has 0 aliphatic heterocycles. The fourth-order valence-corrected chi connectivity index (χ4v) is 3.57. The van der Waals surface area contributed by atoms with E-state index in [4.69, 9.17) is 4.74 Å². The van der Waals surface area contributed by atoms with Gasteiger partial charge in [-0.05, 0) is 30.9 Å². The minimum absolute atomic E-state index is 0.169. The Balaban J connectivity index is 1.85. The van der Waals surface area contributed by atoms with E-state index < -0.39 is 5.91 Å². The van der Waals surface area contributed by atoms with Crippen LogP contribution in [0, 0.1) is 12.8 Å². The molecule has 0 atom stereocenters. The average Bonchev–Trinajstić information content (AvgIpc) is 2.97. The van der Waals surface area contributed by atoms with Crippen molar-refractivity contribution in [1.29, 1.82) is 0 Å². The van der Waals surface area contributed by atoms with Crippen molar-refractivity contribution in [1.82, 2.24) is 15.8 Å². The lowest BCUT2D eigenvalue weighted by Crippen LogP contribution is -2.43. The number of aryl methyl sites for hydroxylation is 2. The molecule has 7 heteroatoms. The Morgan fingerprint density at radius 2 is 1.96 bits per heavy atom. The summed E-state index contributed by atoms with van der Waals surface area (Å²) in [5, 5.41) is 0.925. The first-order chi connectivity index (χ1) is 12.4. The molecule has 26 heavy (non-hydrogen) atoms. The van der Waals surface area contributed by atoms with Crippen LogP contribution in [0.2, 0.25) is 0 Å². The molecule has 2 rings (SSSR count). The number of benzene rings is 1. The Kier molecular flexibility index (Phi) is 7.15. The first-order valence-corrected chi connectivity index (χ1v) is 9.48. The van der Waals surface area contributed by atoms with Crippen LogP contribution in [0.15, 0.2) is 24.3 Å². The summed E-state index contributed by atoms with van der Waals surface area (Å²) >= 11 is 1.36. The number of hydrogen-bond acceptors (Lipinski definition) is 5. The van der Waals surface area contributed by atoms with E-state index in [1.165, 1.54) is 11.3 Å². The summed E-state index contributed by atoms with van der Waals surface area (Å²) in [4.78, 5) is 29.1. The Bertz CT molecular complexity index is 771. The number of ether oxygens (including phenoxy) is 1. The third kappa shape index (κ3) is 5.56. The number of rotatable bonds is 7. The fraction of sp³-hybridized carbons (Fsp3) is 0.421. The minimum Gasteiger partial charge on any atom is -0.483 e. The highest BCUT2D eigenvalue weighted by Crippen LogP contribution is 2.20. The van der Waals surface area contributed by atoms with Crippen molar-refractivity contribution in [2.24, 2.45) is 5.92 Å². The van der Waals surface area contributed by atoms with Gasteiger partial charge in [-0.15, -0.1) is 11.3 Å². The number of hydrogen-bond donors (Lipinski definition) is 2. The summed E-state index contributed by atoms with van der Waals surface area (Å²) in [5.41, 5.74) is 6.51. The maximum absolute atomic E-state index is 12.2. The average molecular weight is 375 g/mol. The van der Waals surface area contributed by atoms with Gasteiger partial charge in [-0.25, -0.2) is 4.98 Å². The number of thiazole rings is 1. The van der Waals surface area contributed by atoms with Gasteiger partial charge in [0.05, 0.1) is 10.7 Å². The molecule has 0 saturated heterocycles. The summed E-state index contributed by atoms with van der Waals surface area (Å²) in [6.07, 6.45) is 1.65. The monoisotopic (exact) mass is 375 g/mol. The SMILES string of the molecule is CCc1ccccc1OCC(=O)NNC(=O)c1sc(CC(C)C)nc1C. The fourth-order valence-electron chi connectivity index (χ4n) is 2.40. The summed E-state index contributed by atoms with van der Waals surface area (Å²) < 4.78 is 5.53. The standard InChI is InChI=1S/C19H25N3O3S/c1-5-14-8-6-7-9-15(14)25-11-16(23)21-22-19(24)18-13(4)20-17(26-18)10-12(2)3/h6-9,12H,5,10-11H2,1-4H3,(H,21,23)(H,22,24). The molecule has 0 bridgehead atoms. The van der Waals surface area contributed by atoms with Gasteiger partial charge in [-0.3, -0.25) is 20.4 Å². The number of hydrazine groups is 1. The van der Waals surface area contributed by atoms with Gasteiger partial charge in [0.1, 0.15) is 10.6 Å². The zero-order chi connectivity index (χ0) is 19.1. The first-order valence-electron chi connectivity index (χ1n) is 8.66. The lowest BCUT2D eigenvalue weighted by atomic mass is 10.1. The second-order valence-corrected chi connectivity index (χ2v) is 7.46. The maximum atomic E-state index is 12.2. The van der Waals surface area contributed by atoms with E-state index >= 15 is 0 Å². The van der Waals surface area contributed by atoms with Crippen LogP contribution in [0.4, 0.5) is 0 Å². The van der Waals surface area contributed by atoms with Crippen LogP contribution >= 0.6 is 11.3 Å². The van der Waals surface area contributed by atoms with Gasteiger partial charge in [-0.1, -0.05) is 39.0 Å². The highest BCUT2D eigenvalue weighted by Gasteiger charge is 2.16. The van der Waals surface area contributed by atoms with Gasteiger partial charge >= 0.3 is 0 Å². The number of nitrogens with one attached hydrogen (secondary N) is 2. The third-order valence-corrected chi connectivity index (χ3v) is 4.84. The van der Waals surface area contributed by atoms with Crippen molar-refractivity contribution < 1.29 is 14.3 Å². The Morgan fingerprint density at radius 3 is 2.65 bits per heavy atom. The molecule has 2 N–H and O–H groups in total. The molecule has 2 aromatic rings. The number of para-hydroxylation sites is 1. The molecule has 0 spiro atoms. The zero-order valence-corrected chi connectivity index (χ0v) is 16.4. The quantitative estimate of drug-likeness (QED) is 0.729. The van der Waals surface area contributed by atoms with E-state index in [1.54, 1.807) is 6.92 Å². The Labute approximate surface area is 158 Å². The third-order valence-electron chi connectivity index (χ3n) is 3.66. The topological polar surface area (TPSA) is 80.3 Å². The van der Waals surface area contributed by atoms with Crippen molar-refractivity contribution in [3.63, 3.8) is 0 Å². The summed E-state index contributed by atoms with van der Waals surface area (Å²) in [7, 11) is 0. The molecule has 0 aliphatic carbocycles. The molecule has 0 radical (unpaired) electrons. The smallest absolute Gasteiger partial charge is 0.281 e.